The normalized spacial score (nSPS) is 46.2. The number of ether oxygens (including phenoxy) is 1. The van der Waals surface area contributed by atoms with E-state index in [1.807, 2.05) is 19.9 Å². The van der Waals surface area contributed by atoms with Crippen molar-refractivity contribution in [3.05, 3.63) is 22.8 Å². The van der Waals surface area contributed by atoms with Crippen molar-refractivity contribution in [1.82, 2.24) is 0 Å². The Kier molecular flexibility index (Phi) is 7.53. The zero-order chi connectivity index (χ0) is 27.5. The average Bonchev–Trinajstić information content (AvgIpc) is 3.05. The Morgan fingerprint density at radius 2 is 1.70 bits per heavy atom. The number of hydrogen-bond acceptors (Lipinski definition) is 5. The predicted molar refractivity (Wildman–Crippen MR) is 143 cm³/mol. The number of carboxylic acids is 1. The summed E-state index contributed by atoms with van der Waals surface area (Å²) in [4.78, 5) is 24.8. The number of carbonyl (C=O) groups excluding carboxylic acids is 1. The third kappa shape index (κ3) is 4.40. The Morgan fingerprint density at radius 1 is 1.03 bits per heavy atom. The zero-order valence-electron chi connectivity index (χ0n) is 23.8. The smallest absolute Gasteiger partial charge is 0.331 e. The highest BCUT2D eigenvalue weighted by Gasteiger charge is 2.70. The van der Waals surface area contributed by atoms with E-state index in [1.54, 1.807) is 0 Å². The first-order valence-electron chi connectivity index (χ1n) is 14.3. The summed E-state index contributed by atoms with van der Waals surface area (Å²) in [5.41, 5.74) is 1.57. The van der Waals surface area contributed by atoms with Crippen LogP contribution in [0.2, 0.25) is 0 Å². The van der Waals surface area contributed by atoms with Crippen LogP contribution in [0.25, 0.3) is 0 Å². The summed E-state index contributed by atoms with van der Waals surface area (Å²) in [5.74, 6) is -0.909. The quantitative estimate of drug-likeness (QED) is 0.247. The highest BCUT2D eigenvalue weighted by atomic mass is 16.5. The molecule has 3 N–H and O–H groups in total. The number of aliphatic hydroxyl groups excluding tert-OH is 2. The summed E-state index contributed by atoms with van der Waals surface area (Å²) in [6.45, 7) is 14.5. The van der Waals surface area contributed by atoms with Crippen molar-refractivity contribution in [2.75, 3.05) is 0 Å². The molecule has 6 nitrogen and oxygen atoms in total. The molecule has 4 aliphatic rings. The van der Waals surface area contributed by atoms with Gasteiger partial charge in [-0.25, -0.2) is 4.79 Å². The summed E-state index contributed by atoms with van der Waals surface area (Å²) in [7, 11) is 0. The molecule has 0 aliphatic heterocycles. The molecule has 0 spiro atoms. The van der Waals surface area contributed by atoms with Gasteiger partial charge in [0, 0.05) is 12.5 Å². The second-order valence-electron chi connectivity index (χ2n) is 13.6. The fourth-order valence-corrected chi connectivity index (χ4v) is 9.79. The molecule has 208 valence electrons. The Hall–Kier alpha value is -1.66. The lowest BCUT2D eigenvalue weighted by atomic mass is 9.36. The van der Waals surface area contributed by atoms with Crippen molar-refractivity contribution < 1.29 is 29.6 Å². The second kappa shape index (κ2) is 9.82. The monoisotopic (exact) mass is 516 g/mol. The van der Waals surface area contributed by atoms with Crippen molar-refractivity contribution in [2.45, 2.75) is 118 Å². The lowest BCUT2D eigenvalue weighted by molar-refractivity contribution is -0.234. The molecule has 6 heteroatoms. The van der Waals surface area contributed by atoms with E-state index in [9.17, 15) is 24.9 Å². The van der Waals surface area contributed by atoms with Gasteiger partial charge in [0.1, 0.15) is 6.10 Å². The van der Waals surface area contributed by atoms with E-state index in [0.29, 0.717) is 37.2 Å². The largest absolute Gasteiger partial charge is 0.478 e. The molecule has 0 radical (unpaired) electrons. The van der Waals surface area contributed by atoms with Crippen LogP contribution in [0, 0.1) is 39.9 Å². The molecule has 37 heavy (non-hydrogen) atoms. The maximum atomic E-state index is 12.6. The molecule has 0 aromatic rings. The van der Waals surface area contributed by atoms with Crippen LogP contribution in [0.1, 0.15) is 99.8 Å². The number of hydrogen-bond donors (Lipinski definition) is 3. The predicted octanol–water partition coefficient (Wildman–Crippen LogP) is 5.67. The van der Waals surface area contributed by atoms with Crippen molar-refractivity contribution >= 4 is 11.9 Å². The van der Waals surface area contributed by atoms with Crippen molar-refractivity contribution in [3.8, 4) is 0 Å². The van der Waals surface area contributed by atoms with Crippen molar-refractivity contribution in [3.63, 3.8) is 0 Å². The fraction of sp³-hybridized carbons (Fsp3) is 0.806. The first kappa shape index (κ1) is 28.4. The molecule has 0 bridgehead atoms. The molecule has 0 heterocycles. The van der Waals surface area contributed by atoms with Gasteiger partial charge in [-0.15, -0.1) is 0 Å². The number of allylic oxidation sites excluding steroid dienone is 2. The van der Waals surface area contributed by atoms with Gasteiger partial charge in [-0.2, -0.15) is 0 Å². The number of rotatable bonds is 5. The van der Waals surface area contributed by atoms with Gasteiger partial charge >= 0.3 is 11.9 Å². The summed E-state index contributed by atoms with van der Waals surface area (Å²) in [6.07, 6.45) is 6.22. The van der Waals surface area contributed by atoms with Crippen LogP contribution in [0.3, 0.4) is 0 Å². The van der Waals surface area contributed by atoms with Gasteiger partial charge in [0.05, 0.1) is 12.2 Å². The third-order valence-corrected chi connectivity index (χ3v) is 11.6. The van der Waals surface area contributed by atoms with Crippen LogP contribution in [-0.4, -0.2) is 45.6 Å². The minimum Gasteiger partial charge on any atom is -0.478 e. The van der Waals surface area contributed by atoms with Gasteiger partial charge < -0.3 is 20.1 Å². The lowest BCUT2D eigenvalue weighted by Gasteiger charge is -2.69. The maximum absolute atomic E-state index is 12.6. The van der Waals surface area contributed by atoms with Crippen LogP contribution in [0.4, 0.5) is 0 Å². The number of aliphatic carboxylic acids is 1. The SMILES string of the molecule is CC(=O)O[C@H]1C[C@@]2(C)[C@@H](CC(O)[C@H]3[C@@]4(C)CCC(O)C(C)[C@@H]4CC[C@@]32C)C1=C(CCC=C(C)C)C(=O)O. The molecular weight excluding hydrogens is 468 g/mol. The van der Waals surface area contributed by atoms with Crippen LogP contribution in [0.5, 0.6) is 0 Å². The number of carbonyl (C=O) groups is 2. The number of aliphatic hydroxyl groups is 2. The van der Waals surface area contributed by atoms with Crippen LogP contribution in [0.15, 0.2) is 22.8 Å². The number of esters is 1. The standard InChI is InChI=1S/C31H48O6/c1-17(2)9-8-10-20(28(35)36)26-22-15-24(34)27-29(5)13-12-23(33)18(3)21(29)11-14-30(27,6)31(22,7)16-25(26)37-19(4)32/h9,18,21-25,27,33-34H,8,10-16H2,1-7H3,(H,35,36)/t18?,21-,22-,23?,24?,25-,27-,29-,30-,31-/m0/s1. The summed E-state index contributed by atoms with van der Waals surface area (Å²) in [5, 5.41) is 32.9. The Morgan fingerprint density at radius 3 is 2.30 bits per heavy atom. The molecule has 0 aromatic carbocycles. The maximum Gasteiger partial charge on any atom is 0.331 e. The zero-order valence-corrected chi connectivity index (χ0v) is 23.8. The van der Waals surface area contributed by atoms with Crippen LogP contribution in [-0.2, 0) is 14.3 Å². The van der Waals surface area contributed by atoms with Crippen molar-refractivity contribution in [2.24, 2.45) is 39.9 Å². The topological polar surface area (TPSA) is 104 Å². The van der Waals surface area contributed by atoms with Crippen LogP contribution >= 0.6 is 0 Å². The minimum atomic E-state index is -0.953. The van der Waals surface area contributed by atoms with Crippen molar-refractivity contribution in [1.29, 1.82) is 0 Å². The Bertz CT molecular complexity index is 994. The highest BCUT2D eigenvalue weighted by molar-refractivity contribution is 5.88. The third-order valence-electron chi connectivity index (χ3n) is 11.6. The first-order valence-corrected chi connectivity index (χ1v) is 14.3. The average molecular weight is 517 g/mol. The summed E-state index contributed by atoms with van der Waals surface area (Å²) in [6, 6.07) is 0. The molecule has 0 saturated heterocycles. The van der Waals surface area contributed by atoms with E-state index in [0.717, 1.165) is 36.8 Å². The fourth-order valence-electron chi connectivity index (χ4n) is 9.79. The van der Waals surface area contributed by atoms with E-state index in [1.165, 1.54) is 6.92 Å². The van der Waals surface area contributed by atoms with E-state index in [2.05, 4.69) is 27.7 Å². The van der Waals surface area contributed by atoms with Gasteiger partial charge in [0.15, 0.2) is 0 Å². The Labute approximate surface area is 222 Å². The highest BCUT2D eigenvalue weighted by Crippen LogP contribution is 2.74. The second-order valence-corrected chi connectivity index (χ2v) is 13.6. The van der Waals surface area contributed by atoms with Gasteiger partial charge in [0.2, 0.25) is 0 Å². The molecule has 3 unspecified atom stereocenters. The number of carboxylic acid groups (broad SMARTS) is 1. The molecular formula is C31H48O6. The molecule has 4 fully saturated rings. The molecule has 4 aliphatic carbocycles. The summed E-state index contributed by atoms with van der Waals surface area (Å²) < 4.78 is 5.87. The molecule has 4 rings (SSSR count). The van der Waals surface area contributed by atoms with E-state index in [-0.39, 0.29) is 40.1 Å². The van der Waals surface area contributed by atoms with Gasteiger partial charge in [-0.3, -0.25) is 4.79 Å². The molecule has 4 saturated carbocycles. The van der Waals surface area contributed by atoms with E-state index >= 15 is 0 Å². The lowest BCUT2D eigenvalue weighted by Crippen LogP contribution is -2.65. The minimum absolute atomic E-state index is 0.0474. The molecule has 0 aromatic heterocycles. The first-order chi connectivity index (χ1) is 17.2. The van der Waals surface area contributed by atoms with Gasteiger partial charge in [0.25, 0.3) is 0 Å². The van der Waals surface area contributed by atoms with Gasteiger partial charge in [-0.05, 0) is 111 Å². The van der Waals surface area contributed by atoms with E-state index < -0.39 is 24.1 Å². The Balaban J connectivity index is 1.82. The van der Waals surface area contributed by atoms with E-state index in [4.69, 9.17) is 4.74 Å². The number of fused-ring (bicyclic) bond motifs is 5. The molecule has 10 atom stereocenters. The van der Waals surface area contributed by atoms with Crippen LogP contribution < -0.4 is 0 Å². The molecule has 0 amide bonds. The van der Waals surface area contributed by atoms with Gasteiger partial charge in [-0.1, -0.05) is 39.3 Å². The summed E-state index contributed by atoms with van der Waals surface area (Å²) >= 11 is 0.